The lowest BCUT2D eigenvalue weighted by Crippen LogP contribution is -2.32. The predicted molar refractivity (Wildman–Crippen MR) is 36.6 cm³/mol. The van der Waals surface area contributed by atoms with Crippen LogP contribution >= 0.6 is 0 Å². The highest BCUT2D eigenvalue weighted by molar-refractivity contribution is 5.80. The highest BCUT2D eigenvalue weighted by Crippen LogP contribution is 1.86. The summed E-state index contributed by atoms with van der Waals surface area (Å²) in [6.07, 6.45) is -0.532. The molecule has 0 aliphatic carbocycles. The van der Waals surface area contributed by atoms with Crippen molar-refractivity contribution in [3.05, 3.63) is 10.1 Å². The van der Waals surface area contributed by atoms with Crippen molar-refractivity contribution in [1.82, 2.24) is 0 Å². The Morgan fingerprint density at radius 3 is 1.85 bits per heavy atom. The molecule has 1 atom stereocenters. The molecule has 5 N–H and O–H groups in total. The van der Waals surface area contributed by atoms with Crippen LogP contribution in [0.25, 0.3) is 0 Å². The predicted octanol–water partition coefficient (Wildman–Crippen LogP) is -1.47. The zero-order valence-corrected chi connectivity index (χ0v) is 6.28. The van der Waals surface area contributed by atoms with Crippen molar-refractivity contribution in [1.29, 1.82) is 0 Å². The Morgan fingerprint density at radius 1 is 1.46 bits per heavy atom. The third-order valence-electron chi connectivity index (χ3n) is 0.712. The number of nitrogens with zero attached hydrogens (tertiary/aromatic N) is 1. The number of aliphatic carboxylic acids is 2. The monoisotopic (exact) mass is 196 g/mol. The van der Waals surface area contributed by atoms with E-state index >= 15 is 0 Å². The Morgan fingerprint density at radius 2 is 1.77 bits per heavy atom. The second kappa shape index (κ2) is 6.79. The van der Waals surface area contributed by atoms with Crippen LogP contribution in [0.3, 0.4) is 0 Å². The molecule has 0 bridgehead atoms. The SMILES string of the molecule is N[C@H](CC(=O)O)C(=O)O.O=[N+]([O-])O. The van der Waals surface area contributed by atoms with Crippen molar-refractivity contribution in [2.45, 2.75) is 12.5 Å². The number of carbonyl (C=O) groups is 2. The smallest absolute Gasteiger partial charge is 0.321 e. The highest BCUT2D eigenvalue weighted by atomic mass is 16.9. The standard InChI is InChI=1S/C4H7NO4.HNO3/c5-2(4(8)9)1-3(6)7;2-1(3)4/h2H,1,5H2,(H,6,7)(H,8,9);(H,2,3,4)/t2-;/m1./s1. The first-order chi connectivity index (χ1) is 5.77. The van der Waals surface area contributed by atoms with E-state index in [2.05, 4.69) is 0 Å². The first kappa shape index (κ1) is 13.7. The average molecular weight is 196 g/mol. The van der Waals surface area contributed by atoms with E-state index < -0.39 is 29.5 Å². The minimum atomic E-state index is -1.50. The van der Waals surface area contributed by atoms with Crippen LogP contribution in [0.5, 0.6) is 0 Å². The molecule has 0 saturated carbocycles. The van der Waals surface area contributed by atoms with Gasteiger partial charge in [0, 0.05) is 0 Å². The van der Waals surface area contributed by atoms with Crippen LogP contribution in [0.1, 0.15) is 6.42 Å². The minimum Gasteiger partial charge on any atom is -0.481 e. The summed E-state index contributed by atoms with van der Waals surface area (Å²) in [5.74, 6) is -2.50. The van der Waals surface area contributed by atoms with Gasteiger partial charge in [-0.15, -0.1) is 10.1 Å². The summed E-state index contributed by atoms with van der Waals surface area (Å²) < 4.78 is 0. The van der Waals surface area contributed by atoms with Crippen molar-refractivity contribution < 1.29 is 30.1 Å². The van der Waals surface area contributed by atoms with Crippen LogP contribution in [0, 0.1) is 10.1 Å². The summed E-state index contributed by atoms with van der Waals surface area (Å²) in [4.78, 5) is 28.0. The van der Waals surface area contributed by atoms with E-state index in [1.165, 1.54) is 0 Å². The molecule has 76 valence electrons. The van der Waals surface area contributed by atoms with E-state index in [0.29, 0.717) is 0 Å². The number of hydrogen-bond donors (Lipinski definition) is 4. The molecule has 0 amide bonds. The van der Waals surface area contributed by atoms with E-state index in [9.17, 15) is 9.59 Å². The molecule has 0 radical (unpaired) electrons. The van der Waals surface area contributed by atoms with Crippen molar-refractivity contribution in [3.63, 3.8) is 0 Å². The molecule has 0 unspecified atom stereocenters. The van der Waals surface area contributed by atoms with Gasteiger partial charge in [-0.2, -0.15) is 0 Å². The second-order valence-electron chi connectivity index (χ2n) is 1.78. The van der Waals surface area contributed by atoms with Gasteiger partial charge in [-0.1, -0.05) is 0 Å². The fraction of sp³-hybridized carbons (Fsp3) is 0.500. The first-order valence-electron chi connectivity index (χ1n) is 2.80. The molecular weight excluding hydrogens is 188 g/mol. The third-order valence-corrected chi connectivity index (χ3v) is 0.712. The fourth-order valence-electron chi connectivity index (χ4n) is 0.275. The van der Waals surface area contributed by atoms with Gasteiger partial charge in [-0.3, -0.25) is 9.59 Å². The largest absolute Gasteiger partial charge is 0.481 e. The quantitative estimate of drug-likeness (QED) is 0.313. The summed E-state index contributed by atoms with van der Waals surface area (Å²) in [5.41, 5.74) is 4.84. The number of hydrogen-bond acceptors (Lipinski definition) is 5. The maximum atomic E-state index is 9.85. The number of nitrogens with two attached hydrogens (primary N) is 1. The molecule has 13 heavy (non-hydrogen) atoms. The maximum Gasteiger partial charge on any atom is 0.321 e. The van der Waals surface area contributed by atoms with Gasteiger partial charge in [0.1, 0.15) is 6.04 Å². The van der Waals surface area contributed by atoms with Crippen LogP contribution in [-0.4, -0.2) is 38.5 Å². The van der Waals surface area contributed by atoms with E-state index in [1.54, 1.807) is 0 Å². The second-order valence-corrected chi connectivity index (χ2v) is 1.78. The zero-order chi connectivity index (χ0) is 11.0. The molecule has 0 fully saturated rings. The van der Waals surface area contributed by atoms with Gasteiger partial charge in [0.05, 0.1) is 6.42 Å². The normalized spacial score (nSPS) is 10.5. The summed E-state index contributed by atoms with van der Waals surface area (Å²) in [7, 11) is 0. The Balaban J connectivity index is 0. The summed E-state index contributed by atoms with van der Waals surface area (Å²) in [6, 6.07) is -1.29. The molecule has 9 heteroatoms. The molecular formula is C4H8N2O7. The van der Waals surface area contributed by atoms with E-state index in [4.69, 9.17) is 31.3 Å². The van der Waals surface area contributed by atoms with Crippen molar-refractivity contribution >= 4 is 11.9 Å². The molecule has 9 nitrogen and oxygen atoms in total. The Labute approximate surface area is 71.5 Å². The van der Waals surface area contributed by atoms with Crippen LogP contribution in [0.15, 0.2) is 0 Å². The van der Waals surface area contributed by atoms with E-state index in [-0.39, 0.29) is 0 Å². The topological polar surface area (TPSA) is 164 Å². The van der Waals surface area contributed by atoms with E-state index in [0.717, 1.165) is 0 Å². The van der Waals surface area contributed by atoms with Gasteiger partial charge in [0.25, 0.3) is 5.09 Å². The molecule has 0 rings (SSSR count). The van der Waals surface area contributed by atoms with Gasteiger partial charge in [0.2, 0.25) is 0 Å². The molecule has 0 aromatic rings. The summed E-state index contributed by atoms with van der Waals surface area (Å²) >= 11 is 0. The average Bonchev–Trinajstić information content (AvgIpc) is 1.83. The molecule has 0 saturated heterocycles. The van der Waals surface area contributed by atoms with Crippen LogP contribution in [-0.2, 0) is 9.59 Å². The molecule has 0 spiro atoms. The van der Waals surface area contributed by atoms with E-state index in [1.807, 2.05) is 0 Å². The van der Waals surface area contributed by atoms with Gasteiger partial charge >= 0.3 is 11.9 Å². The number of carboxylic acid groups (broad SMARTS) is 2. The van der Waals surface area contributed by atoms with Crippen LogP contribution in [0.2, 0.25) is 0 Å². The van der Waals surface area contributed by atoms with Crippen LogP contribution < -0.4 is 5.73 Å². The van der Waals surface area contributed by atoms with Crippen molar-refractivity contribution in [3.8, 4) is 0 Å². The Hall–Kier alpha value is -1.90. The third kappa shape index (κ3) is 17.8. The molecule has 0 aromatic heterocycles. The lowest BCUT2D eigenvalue weighted by Gasteiger charge is -1.99. The first-order valence-corrected chi connectivity index (χ1v) is 2.80. The summed E-state index contributed by atoms with van der Waals surface area (Å²) in [5, 5.41) is 29.7. The highest BCUT2D eigenvalue weighted by Gasteiger charge is 2.14. The zero-order valence-electron chi connectivity index (χ0n) is 6.28. The number of carboxylic acids is 2. The Bertz CT molecular complexity index is 199. The number of rotatable bonds is 3. The lowest BCUT2D eigenvalue weighted by atomic mass is 10.2. The summed E-state index contributed by atoms with van der Waals surface area (Å²) in [6.45, 7) is 0. The lowest BCUT2D eigenvalue weighted by molar-refractivity contribution is -0.742. The molecule has 0 aliphatic rings. The van der Waals surface area contributed by atoms with Crippen molar-refractivity contribution in [2.75, 3.05) is 0 Å². The molecule has 0 aromatic carbocycles. The van der Waals surface area contributed by atoms with Crippen molar-refractivity contribution in [2.24, 2.45) is 5.73 Å². The Kier molecular flexibility index (Phi) is 7.14. The fourth-order valence-corrected chi connectivity index (χ4v) is 0.275. The van der Waals surface area contributed by atoms with Gasteiger partial charge in [0.15, 0.2) is 0 Å². The molecule has 0 aliphatic heterocycles. The van der Waals surface area contributed by atoms with Crippen LogP contribution in [0.4, 0.5) is 0 Å². The maximum absolute atomic E-state index is 9.85. The minimum absolute atomic E-state index is 0.532. The van der Waals surface area contributed by atoms with Gasteiger partial charge < -0.3 is 21.2 Å². The molecule has 0 heterocycles. The van der Waals surface area contributed by atoms with Gasteiger partial charge in [-0.05, 0) is 0 Å². The van der Waals surface area contributed by atoms with Gasteiger partial charge in [-0.25, -0.2) is 0 Å².